The molecule has 4 rings (SSSR count). The number of rotatable bonds is 8. The van der Waals surface area contributed by atoms with Crippen molar-refractivity contribution in [2.45, 2.75) is 33.4 Å². The van der Waals surface area contributed by atoms with Gasteiger partial charge in [-0.25, -0.2) is 4.98 Å². The Morgan fingerprint density at radius 2 is 1.88 bits per heavy atom. The Morgan fingerprint density at radius 1 is 1.15 bits per heavy atom. The molecule has 0 aliphatic carbocycles. The minimum absolute atomic E-state index is 0.0545. The van der Waals surface area contributed by atoms with Crippen molar-refractivity contribution in [2.75, 3.05) is 13.7 Å². The van der Waals surface area contributed by atoms with Crippen molar-refractivity contribution in [2.24, 2.45) is 0 Å². The van der Waals surface area contributed by atoms with Crippen LogP contribution in [0.4, 0.5) is 0 Å². The smallest absolute Gasteiger partial charge is 0.290 e. The number of Topliss-reactive ketones (excluding diaryl/α,β-unsaturated/α-hetero) is 1. The number of aliphatic hydroxyl groups is 1. The third kappa shape index (κ3) is 4.41. The van der Waals surface area contributed by atoms with Crippen molar-refractivity contribution >= 4 is 23.0 Å². The first-order valence-electron chi connectivity index (χ1n) is 10.9. The normalized spacial score (nSPS) is 15.7. The van der Waals surface area contributed by atoms with Gasteiger partial charge in [-0.15, -0.1) is 11.3 Å². The lowest BCUT2D eigenvalue weighted by atomic mass is 9.94. The fraction of sp³-hybridized carbons (Fsp3) is 0.269. The molecule has 0 bridgehead atoms. The third-order valence-corrected chi connectivity index (χ3v) is 6.73. The number of carbonyl (C=O) groups is 2. The summed E-state index contributed by atoms with van der Waals surface area (Å²) in [6.07, 6.45) is 0. The van der Waals surface area contributed by atoms with Crippen LogP contribution in [0.5, 0.6) is 11.5 Å². The number of aryl methyl sites for hydroxylation is 2. The quantitative estimate of drug-likeness (QED) is 0.461. The average molecular weight is 479 g/mol. The molecule has 34 heavy (non-hydrogen) atoms. The van der Waals surface area contributed by atoms with Crippen LogP contribution in [0.25, 0.3) is 0 Å². The van der Waals surface area contributed by atoms with Gasteiger partial charge in [0.1, 0.15) is 11.5 Å². The summed E-state index contributed by atoms with van der Waals surface area (Å²) in [6.45, 7) is 6.15. The molecule has 0 spiro atoms. The minimum atomic E-state index is -0.774. The van der Waals surface area contributed by atoms with Crippen molar-refractivity contribution < 1.29 is 24.2 Å². The highest BCUT2D eigenvalue weighted by Gasteiger charge is 2.44. The molecule has 0 saturated heterocycles. The van der Waals surface area contributed by atoms with Gasteiger partial charge in [-0.2, -0.15) is 0 Å². The van der Waals surface area contributed by atoms with Crippen LogP contribution in [0.1, 0.15) is 44.5 Å². The number of hydrogen-bond acceptors (Lipinski definition) is 7. The SMILES string of the molecule is CCOc1cccc(C2C(C(=O)c3sc(C)nc3C)=C(O)C(=O)N2Cc2ccc(OC)cc2)c1. The first-order chi connectivity index (χ1) is 16.3. The van der Waals surface area contributed by atoms with Crippen LogP contribution in [0.2, 0.25) is 0 Å². The summed E-state index contributed by atoms with van der Waals surface area (Å²) < 4.78 is 10.9. The average Bonchev–Trinajstić information content (AvgIpc) is 3.30. The molecule has 0 fully saturated rings. The summed E-state index contributed by atoms with van der Waals surface area (Å²) in [4.78, 5) is 33.2. The fourth-order valence-electron chi connectivity index (χ4n) is 4.13. The number of hydrogen-bond donors (Lipinski definition) is 1. The van der Waals surface area contributed by atoms with E-state index in [1.54, 1.807) is 20.1 Å². The zero-order valence-electron chi connectivity index (χ0n) is 19.5. The molecule has 7 nitrogen and oxygen atoms in total. The first kappa shape index (κ1) is 23.5. The monoisotopic (exact) mass is 478 g/mol. The topological polar surface area (TPSA) is 89.0 Å². The van der Waals surface area contributed by atoms with E-state index in [9.17, 15) is 14.7 Å². The molecule has 1 N–H and O–H groups in total. The summed E-state index contributed by atoms with van der Waals surface area (Å²) in [7, 11) is 1.59. The van der Waals surface area contributed by atoms with E-state index in [-0.39, 0.29) is 12.1 Å². The number of thiazole rings is 1. The highest BCUT2D eigenvalue weighted by Crippen LogP contribution is 2.41. The van der Waals surface area contributed by atoms with Crippen LogP contribution in [0, 0.1) is 13.8 Å². The van der Waals surface area contributed by atoms with Crippen LogP contribution >= 0.6 is 11.3 Å². The van der Waals surface area contributed by atoms with Gasteiger partial charge < -0.3 is 19.5 Å². The standard InChI is InChI=1S/C26H26N2O5S/c1-5-33-20-8-6-7-18(13-20)22-21(23(29)25-15(2)27-16(3)34-25)24(30)26(31)28(22)14-17-9-11-19(32-4)12-10-17/h6-13,22,30H,5,14H2,1-4H3. The van der Waals surface area contributed by atoms with Gasteiger partial charge in [-0.05, 0) is 56.2 Å². The highest BCUT2D eigenvalue weighted by atomic mass is 32.1. The Hall–Kier alpha value is -3.65. The molecule has 0 saturated carbocycles. The summed E-state index contributed by atoms with van der Waals surface area (Å²) in [5.74, 6) is -0.191. The second-order valence-electron chi connectivity index (χ2n) is 7.93. The van der Waals surface area contributed by atoms with Crippen LogP contribution < -0.4 is 9.47 Å². The highest BCUT2D eigenvalue weighted by molar-refractivity contribution is 7.14. The largest absolute Gasteiger partial charge is 0.503 e. The van der Waals surface area contributed by atoms with Crippen LogP contribution in [0.15, 0.2) is 59.9 Å². The molecule has 8 heteroatoms. The maximum atomic E-state index is 13.6. The lowest BCUT2D eigenvalue weighted by Gasteiger charge is -2.27. The van der Waals surface area contributed by atoms with Crippen molar-refractivity contribution in [3.8, 4) is 11.5 Å². The zero-order valence-corrected chi connectivity index (χ0v) is 20.3. The Morgan fingerprint density at radius 3 is 2.50 bits per heavy atom. The number of ether oxygens (including phenoxy) is 2. The number of aromatic nitrogens is 1. The third-order valence-electron chi connectivity index (χ3n) is 5.65. The molecule has 1 aromatic heterocycles. The maximum Gasteiger partial charge on any atom is 0.290 e. The summed E-state index contributed by atoms with van der Waals surface area (Å²) in [5.41, 5.74) is 2.15. The molecular weight excluding hydrogens is 452 g/mol. The van der Waals surface area contributed by atoms with Gasteiger partial charge in [-0.1, -0.05) is 24.3 Å². The number of aliphatic hydroxyl groups excluding tert-OH is 1. The molecule has 176 valence electrons. The molecular formula is C26H26N2O5S. The molecule has 3 aromatic rings. The molecule has 1 aliphatic heterocycles. The second kappa shape index (κ2) is 9.69. The van der Waals surface area contributed by atoms with E-state index >= 15 is 0 Å². The van der Waals surface area contributed by atoms with Crippen molar-refractivity contribution in [1.82, 2.24) is 9.88 Å². The molecule has 2 heterocycles. The number of ketones is 1. The minimum Gasteiger partial charge on any atom is -0.503 e. The molecule has 1 amide bonds. The predicted molar refractivity (Wildman–Crippen MR) is 129 cm³/mol. The fourth-order valence-corrected chi connectivity index (χ4v) is 5.00. The maximum absolute atomic E-state index is 13.6. The van der Waals surface area contributed by atoms with Crippen molar-refractivity contribution in [1.29, 1.82) is 0 Å². The number of nitrogens with zero attached hydrogens (tertiary/aromatic N) is 2. The number of carbonyl (C=O) groups excluding carboxylic acids is 2. The molecule has 1 unspecified atom stereocenters. The zero-order chi connectivity index (χ0) is 24.4. The number of methoxy groups -OCH3 is 1. The predicted octanol–water partition coefficient (Wildman–Crippen LogP) is 4.95. The molecule has 1 aliphatic rings. The lowest BCUT2D eigenvalue weighted by Crippen LogP contribution is -2.30. The number of benzene rings is 2. The van der Waals surface area contributed by atoms with Crippen molar-refractivity contribution in [3.63, 3.8) is 0 Å². The molecule has 2 aromatic carbocycles. The van der Waals surface area contributed by atoms with E-state index < -0.39 is 23.5 Å². The second-order valence-corrected chi connectivity index (χ2v) is 9.13. The van der Waals surface area contributed by atoms with Gasteiger partial charge in [0.25, 0.3) is 5.91 Å². The van der Waals surface area contributed by atoms with Gasteiger partial charge in [0.05, 0.1) is 40.9 Å². The van der Waals surface area contributed by atoms with Crippen LogP contribution in [0.3, 0.4) is 0 Å². The Kier molecular flexibility index (Phi) is 6.70. The summed E-state index contributed by atoms with van der Waals surface area (Å²) in [5, 5.41) is 11.7. The van der Waals surface area contributed by atoms with Crippen LogP contribution in [-0.2, 0) is 11.3 Å². The van der Waals surface area contributed by atoms with E-state index in [0.29, 0.717) is 34.2 Å². The van der Waals surface area contributed by atoms with E-state index in [0.717, 1.165) is 10.6 Å². The number of amides is 1. The molecule has 0 radical (unpaired) electrons. The Labute approximate surface area is 202 Å². The van der Waals surface area contributed by atoms with Gasteiger partial charge in [-0.3, -0.25) is 9.59 Å². The Balaban J connectivity index is 1.79. The first-order valence-corrected chi connectivity index (χ1v) is 11.7. The van der Waals surface area contributed by atoms with Gasteiger partial charge in [0, 0.05) is 6.54 Å². The van der Waals surface area contributed by atoms with Gasteiger partial charge in [0.2, 0.25) is 5.78 Å². The summed E-state index contributed by atoms with van der Waals surface area (Å²) in [6, 6.07) is 13.8. The molecule has 1 atom stereocenters. The van der Waals surface area contributed by atoms with E-state index in [4.69, 9.17) is 9.47 Å². The van der Waals surface area contributed by atoms with Gasteiger partial charge >= 0.3 is 0 Å². The Bertz CT molecular complexity index is 1260. The summed E-state index contributed by atoms with van der Waals surface area (Å²) >= 11 is 1.26. The van der Waals surface area contributed by atoms with Gasteiger partial charge in [0.15, 0.2) is 5.76 Å². The van der Waals surface area contributed by atoms with E-state index in [1.165, 1.54) is 16.2 Å². The van der Waals surface area contributed by atoms with E-state index in [1.807, 2.05) is 56.3 Å². The van der Waals surface area contributed by atoms with E-state index in [2.05, 4.69) is 4.98 Å². The lowest BCUT2D eigenvalue weighted by molar-refractivity contribution is -0.130. The van der Waals surface area contributed by atoms with Crippen molar-refractivity contribution in [3.05, 3.63) is 86.6 Å². The van der Waals surface area contributed by atoms with Crippen LogP contribution in [-0.4, -0.2) is 40.4 Å².